The van der Waals surface area contributed by atoms with Gasteiger partial charge < -0.3 is 4.57 Å². The molecular weight excluding hydrogens is 302 g/mol. The predicted molar refractivity (Wildman–Crippen MR) is 112 cm³/mol. The van der Waals surface area contributed by atoms with Gasteiger partial charge in [-0.15, -0.1) is 0 Å². The van der Waals surface area contributed by atoms with E-state index in [-0.39, 0.29) is 0 Å². The van der Waals surface area contributed by atoms with Crippen LogP contribution in [-0.2, 0) is 6.42 Å². The largest absolute Gasteiger partial charge is 0.314 e. The summed E-state index contributed by atoms with van der Waals surface area (Å²) in [5.74, 6) is 0. The highest BCUT2D eigenvalue weighted by atomic mass is 15.0. The van der Waals surface area contributed by atoms with Crippen molar-refractivity contribution >= 4 is 22.7 Å². The van der Waals surface area contributed by atoms with Gasteiger partial charge >= 0.3 is 0 Å². The first-order chi connectivity index (χ1) is 12.2. The summed E-state index contributed by atoms with van der Waals surface area (Å²) in [5, 5.41) is 1.24. The van der Waals surface area contributed by atoms with Gasteiger partial charge in [0, 0.05) is 22.3 Å². The second-order valence-electron chi connectivity index (χ2n) is 6.15. The van der Waals surface area contributed by atoms with Crippen LogP contribution in [-0.4, -0.2) is 4.57 Å². The van der Waals surface area contributed by atoms with Gasteiger partial charge in [0.05, 0.1) is 5.52 Å². The summed E-state index contributed by atoms with van der Waals surface area (Å²) in [4.78, 5) is 0. The summed E-state index contributed by atoms with van der Waals surface area (Å²) in [6.07, 6.45) is 8.18. The minimum Gasteiger partial charge on any atom is -0.314 e. The van der Waals surface area contributed by atoms with E-state index >= 15 is 0 Å². The second kappa shape index (κ2) is 7.40. The first kappa shape index (κ1) is 17.0. The van der Waals surface area contributed by atoms with E-state index < -0.39 is 0 Å². The number of allylic oxidation sites excluding steroid dienone is 3. The number of hydrogen-bond acceptors (Lipinski definition) is 0. The minimum atomic E-state index is 0.940. The summed E-state index contributed by atoms with van der Waals surface area (Å²) in [7, 11) is 0. The molecule has 0 fully saturated rings. The molecule has 1 heterocycles. The lowest BCUT2D eigenvalue weighted by Gasteiger charge is -2.10. The van der Waals surface area contributed by atoms with Gasteiger partial charge in [-0.1, -0.05) is 75.6 Å². The molecule has 1 aromatic heterocycles. The van der Waals surface area contributed by atoms with Crippen molar-refractivity contribution in [3.05, 3.63) is 85.1 Å². The van der Waals surface area contributed by atoms with Gasteiger partial charge in [0.25, 0.3) is 0 Å². The SMILES string of the molecule is C=Cc1c(CC)n(C(=C)/C=C\CC)c2ccc(-c3ccccc3)cc12. The molecule has 0 aliphatic rings. The number of fused-ring (bicyclic) bond motifs is 1. The molecule has 2 aromatic carbocycles. The molecule has 3 aromatic rings. The molecule has 1 nitrogen and oxygen atoms in total. The Balaban J connectivity index is 2.26. The van der Waals surface area contributed by atoms with E-state index in [1.54, 1.807) is 0 Å². The van der Waals surface area contributed by atoms with Crippen LogP contribution in [0.15, 0.2) is 73.8 Å². The number of hydrogen-bond donors (Lipinski definition) is 0. The summed E-state index contributed by atoms with van der Waals surface area (Å²) in [6.45, 7) is 12.7. The predicted octanol–water partition coefficient (Wildman–Crippen LogP) is 6.95. The third-order valence-electron chi connectivity index (χ3n) is 4.59. The highest BCUT2D eigenvalue weighted by Gasteiger charge is 2.15. The fourth-order valence-corrected chi connectivity index (χ4v) is 3.41. The monoisotopic (exact) mass is 327 g/mol. The summed E-state index contributed by atoms with van der Waals surface area (Å²) < 4.78 is 2.27. The smallest absolute Gasteiger partial charge is 0.0537 e. The van der Waals surface area contributed by atoms with Crippen molar-refractivity contribution in [2.75, 3.05) is 0 Å². The van der Waals surface area contributed by atoms with Crippen LogP contribution in [0.25, 0.3) is 33.8 Å². The molecule has 0 radical (unpaired) electrons. The highest BCUT2D eigenvalue weighted by Crippen LogP contribution is 2.33. The summed E-state index contributed by atoms with van der Waals surface area (Å²) in [6, 6.07) is 17.2. The number of rotatable bonds is 6. The molecule has 3 rings (SSSR count). The van der Waals surface area contributed by atoms with Crippen LogP contribution >= 0.6 is 0 Å². The van der Waals surface area contributed by atoms with Crippen molar-refractivity contribution in [1.29, 1.82) is 0 Å². The maximum absolute atomic E-state index is 4.29. The third kappa shape index (κ3) is 3.10. The van der Waals surface area contributed by atoms with Crippen LogP contribution in [0.1, 0.15) is 31.5 Å². The average Bonchev–Trinajstić information content (AvgIpc) is 2.99. The van der Waals surface area contributed by atoms with Gasteiger partial charge in [0.2, 0.25) is 0 Å². The Bertz CT molecular complexity index is 939. The molecule has 0 spiro atoms. The topological polar surface area (TPSA) is 4.93 Å². The molecule has 0 unspecified atom stereocenters. The van der Waals surface area contributed by atoms with Crippen molar-refractivity contribution in [2.45, 2.75) is 26.7 Å². The first-order valence-electron chi connectivity index (χ1n) is 8.92. The Morgan fingerprint density at radius 1 is 1.04 bits per heavy atom. The molecule has 0 N–H and O–H groups in total. The second-order valence-corrected chi connectivity index (χ2v) is 6.15. The fraction of sp³-hybridized carbons (Fsp3) is 0.167. The van der Waals surface area contributed by atoms with Gasteiger partial charge in [-0.25, -0.2) is 0 Å². The Morgan fingerprint density at radius 2 is 1.80 bits per heavy atom. The number of nitrogens with zero attached hydrogens (tertiary/aromatic N) is 1. The van der Waals surface area contributed by atoms with Crippen LogP contribution in [0.5, 0.6) is 0 Å². The molecule has 0 atom stereocenters. The molecule has 0 amide bonds. The zero-order valence-corrected chi connectivity index (χ0v) is 15.1. The van der Waals surface area contributed by atoms with E-state index in [1.807, 2.05) is 12.1 Å². The fourth-order valence-electron chi connectivity index (χ4n) is 3.41. The minimum absolute atomic E-state index is 0.940. The van der Waals surface area contributed by atoms with Gasteiger partial charge in [-0.05, 0) is 42.2 Å². The average molecular weight is 327 g/mol. The van der Waals surface area contributed by atoms with E-state index in [1.165, 1.54) is 33.3 Å². The Morgan fingerprint density at radius 3 is 2.44 bits per heavy atom. The summed E-state index contributed by atoms with van der Waals surface area (Å²) >= 11 is 0. The molecule has 126 valence electrons. The van der Waals surface area contributed by atoms with Gasteiger partial charge in [0.1, 0.15) is 0 Å². The van der Waals surface area contributed by atoms with Gasteiger partial charge in [0.15, 0.2) is 0 Å². The Labute approximate surface area is 150 Å². The molecule has 0 bridgehead atoms. The molecular formula is C24H25N. The molecule has 25 heavy (non-hydrogen) atoms. The van der Waals surface area contributed by atoms with Crippen LogP contribution in [0, 0.1) is 0 Å². The van der Waals surface area contributed by atoms with E-state index in [0.29, 0.717) is 0 Å². The lowest BCUT2D eigenvalue weighted by Crippen LogP contribution is -1.99. The molecule has 0 saturated carbocycles. The van der Waals surface area contributed by atoms with Crippen LogP contribution < -0.4 is 0 Å². The van der Waals surface area contributed by atoms with Crippen LogP contribution in [0.3, 0.4) is 0 Å². The third-order valence-corrected chi connectivity index (χ3v) is 4.59. The van der Waals surface area contributed by atoms with Gasteiger partial charge in [-0.2, -0.15) is 0 Å². The molecule has 1 heteroatoms. The Hall–Kier alpha value is -2.80. The maximum atomic E-state index is 4.29. The molecule has 0 saturated heterocycles. The van der Waals surface area contributed by atoms with Crippen molar-refractivity contribution < 1.29 is 0 Å². The van der Waals surface area contributed by atoms with E-state index in [9.17, 15) is 0 Å². The van der Waals surface area contributed by atoms with Crippen LogP contribution in [0.2, 0.25) is 0 Å². The lowest BCUT2D eigenvalue weighted by molar-refractivity contribution is 0.979. The zero-order chi connectivity index (χ0) is 17.8. The molecule has 0 aliphatic heterocycles. The standard InChI is InChI=1S/C24H25N/c1-5-8-12-18(4)25-23(7-3)21(6-2)22-17-20(15-16-24(22)25)19-13-10-9-11-14-19/h6,8-17H,2,4-5,7H2,1,3H3/b12-8-. The first-order valence-corrected chi connectivity index (χ1v) is 8.92. The summed E-state index contributed by atoms with van der Waals surface area (Å²) in [5.41, 5.74) is 7.13. The van der Waals surface area contributed by atoms with Crippen molar-refractivity contribution in [2.24, 2.45) is 0 Å². The van der Waals surface area contributed by atoms with Crippen molar-refractivity contribution in [3.63, 3.8) is 0 Å². The number of aromatic nitrogens is 1. The van der Waals surface area contributed by atoms with Gasteiger partial charge in [-0.3, -0.25) is 0 Å². The van der Waals surface area contributed by atoms with Crippen LogP contribution in [0.4, 0.5) is 0 Å². The highest BCUT2D eigenvalue weighted by molar-refractivity contribution is 5.96. The van der Waals surface area contributed by atoms with E-state index in [2.05, 4.69) is 86.2 Å². The van der Waals surface area contributed by atoms with E-state index in [0.717, 1.165) is 18.5 Å². The Kier molecular flexibility index (Phi) is 5.04. The zero-order valence-electron chi connectivity index (χ0n) is 15.1. The normalized spacial score (nSPS) is 11.3. The maximum Gasteiger partial charge on any atom is 0.0537 e. The van der Waals surface area contributed by atoms with Crippen molar-refractivity contribution in [1.82, 2.24) is 4.57 Å². The molecule has 0 aliphatic carbocycles. The quantitative estimate of drug-likeness (QED) is 0.432. The number of benzene rings is 2. The van der Waals surface area contributed by atoms with E-state index in [4.69, 9.17) is 0 Å². The lowest BCUT2D eigenvalue weighted by atomic mass is 10.0. The van der Waals surface area contributed by atoms with Crippen molar-refractivity contribution in [3.8, 4) is 11.1 Å².